The summed E-state index contributed by atoms with van der Waals surface area (Å²) in [6.07, 6.45) is 0. The molecule has 3 heteroatoms. The third kappa shape index (κ3) is 2.74. The van der Waals surface area contributed by atoms with Crippen LogP contribution in [0.2, 0.25) is 5.02 Å². The summed E-state index contributed by atoms with van der Waals surface area (Å²) in [6.45, 7) is 2.45. The van der Waals surface area contributed by atoms with Gasteiger partial charge in [-0.05, 0) is 18.6 Å². The van der Waals surface area contributed by atoms with Crippen LogP contribution in [-0.4, -0.2) is 17.8 Å². The van der Waals surface area contributed by atoms with Gasteiger partial charge in [-0.25, -0.2) is 0 Å². The van der Waals surface area contributed by atoms with E-state index in [4.69, 9.17) is 17.0 Å². The maximum absolute atomic E-state index is 7.40. The molecule has 2 nitrogen and oxygen atoms in total. The van der Waals surface area contributed by atoms with Gasteiger partial charge in [-0.1, -0.05) is 29.8 Å². The molecule has 0 saturated heterocycles. The van der Waals surface area contributed by atoms with Gasteiger partial charge in [-0.15, -0.1) is 0 Å². The standard InChI is InChI=1S/C10H13ClN2/c1-8(12)13(2)7-9-5-3-4-6-10(9)11/h3-6,12H,7H2,1-2H3. The van der Waals surface area contributed by atoms with E-state index in [1.165, 1.54) is 0 Å². The normalized spacial score (nSPS) is 9.77. The highest BCUT2D eigenvalue weighted by Gasteiger charge is 2.03. The summed E-state index contributed by atoms with van der Waals surface area (Å²) in [5.41, 5.74) is 1.05. The lowest BCUT2D eigenvalue weighted by Crippen LogP contribution is -2.22. The Balaban J connectivity index is 2.74. The summed E-state index contributed by atoms with van der Waals surface area (Å²) in [5.74, 6) is 0.542. The van der Waals surface area contributed by atoms with Gasteiger partial charge >= 0.3 is 0 Å². The van der Waals surface area contributed by atoms with Crippen molar-refractivity contribution in [1.82, 2.24) is 4.90 Å². The molecule has 1 aromatic rings. The largest absolute Gasteiger partial charge is 0.359 e. The van der Waals surface area contributed by atoms with Crippen molar-refractivity contribution in [2.24, 2.45) is 0 Å². The van der Waals surface area contributed by atoms with Crippen LogP contribution in [0.15, 0.2) is 24.3 Å². The Bertz CT molecular complexity index is 310. The first-order valence-electron chi connectivity index (χ1n) is 4.11. The van der Waals surface area contributed by atoms with Crippen LogP contribution in [0.5, 0.6) is 0 Å². The number of rotatable bonds is 2. The number of nitrogens with one attached hydrogen (secondary N) is 1. The van der Waals surface area contributed by atoms with Gasteiger partial charge in [0.2, 0.25) is 0 Å². The molecule has 13 heavy (non-hydrogen) atoms. The summed E-state index contributed by atoms with van der Waals surface area (Å²) in [4.78, 5) is 1.85. The molecule has 0 aromatic heterocycles. The Kier molecular flexibility index (Phi) is 3.32. The van der Waals surface area contributed by atoms with Gasteiger partial charge in [0, 0.05) is 18.6 Å². The van der Waals surface area contributed by atoms with Crippen molar-refractivity contribution in [3.05, 3.63) is 34.9 Å². The minimum atomic E-state index is 0.542. The van der Waals surface area contributed by atoms with Crippen molar-refractivity contribution in [2.45, 2.75) is 13.5 Å². The summed E-state index contributed by atoms with van der Waals surface area (Å²) in [7, 11) is 1.88. The fraction of sp³-hybridized carbons (Fsp3) is 0.300. The number of amidine groups is 1. The molecule has 1 N–H and O–H groups in total. The van der Waals surface area contributed by atoms with Gasteiger partial charge in [-0.2, -0.15) is 0 Å². The number of benzene rings is 1. The Labute approximate surface area is 83.6 Å². The molecule has 70 valence electrons. The first-order chi connectivity index (χ1) is 6.11. The maximum atomic E-state index is 7.40. The number of hydrogen-bond acceptors (Lipinski definition) is 1. The molecule has 0 atom stereocenters. The van der Waals surface area contributed by atoms with Gasteiger partial charge in [0.25, 0.3) is 0 Å². The molecule has 0 bridgehead atoms. The molecule has 0 amide bonds. The van der Waals surface area contributed by atoms with E-state index in [2.05, 4.69) is 0 Å². The van der Waals surface area contributed by atoms with Crippen LogP contribution in [0.25, 0.3) is 0 Å². The second-order valence-corrected chi connectivity index (χ2v) is 3.44. The molecule has 0 aliphatic rings. The van der Waals surface area contributed by atoms with Crippen LogP contribution >= 0.6 is 11.6 Å². The Morgan fingerprint density at radius 1 is 1.46 bits per heavy atom. The minimum absolute atomic E-state index is 0.542. The van der Waals surface area contributed by atoms with Crippen molar-refractivity contribution < 1.29 is 0 Å². The van der Waals surface area contributed by atoms with E-state index in [0.717, 1.165) is 10.6 Å². The predicted octanol–water partition coefficient (Wildman–Crippen LogP) is 2.77. The van der Waals surface area contributed by atoms with E-state index in [0.29, 0.717) is 12.4 Å². The van der Waals surface area contributed by atoms with Gasteiger partial charge in [0.15, 0.2) is 0 Å². The van der Waals surface area contributed by atoms with Crippen molar-refractivity contribution in [2.75, 3.05) is 7.05 Å². The Morgan fingerprint density at radius 3 is 2.62 bits per heavy atom. The summed E-state index contributed by atoms with van der Waals surface area (Å²) in [6, 6.07) is 7.70. The van der Waals surface area contributed by atoms with E-state index in [9.17, 15) is 0 Å². The van der Waals surface area contributed by atoms with Gasteiger partial charge in [-0.3, -0.25) is 5.41 Å². The van der Waals surface area contributed by atoms with E-state index in [1.807, 2.05) is 36.2 Å². The summed E-state index contributed by atoms with van der Waals surface area (Å²) < 4.78 is 0. The average Bonchev–Trinajstić information content (AvgIpc) is 2.08. The van der Waals surface area contributed by atoms with Crippen LogP contribution in [0.1, 0.15) is 12.5 Å². The highest BCUT2D eigenvalue weighted by molar-refractivity contribution is 6.31. The summed E-state index contributed by atoms with van der Waals surface area (Å²) >= 11 is 5.98. The first-order valence-corrected chi connectivity index (χ1v) is 4.48. The van der Waals surface area contributed by atoms with E-state index < -0.39 is 0 Å². The molecular formula is C10H13ClN2. The molecular weight excluding hydrogens is 184 g/mol. The Hall–Kier alpha value is -1.02. The third-order valence-electron chi connectivity index (χ3n) is 1.94. The van der Waals surface area contributed by atoms with Crippen LogP contribution in [0.4, 0.5) is 0 Å². The average molecular weight is 197 g/mol. The van der Waals surface area contributed by atoms with E-state index >= 15 is 0 Å². The Morgan fingerprint density at radius 2 is 2.08 bits per heavy atom. The van der Waals surface area contributed by atoms with Crippen LogP contribution in [0.3, 0.4) is 0 Å². The molecule has 1 aromatic carbocycles. The lowest BCUT2D eigenvalue weighted by Gasteiger charge is -2.17. The molecule has 0 radical (unpaired) electrons. The molecule has 1 rings (SSSR count). The van der Waals surface area contributed by atoms with Gasteiger partial charge in [0.1, 0.15) is 0 Å². The lowest BCUT2D eigenvalue weighted by atomic mass is 10.2. The van der Waals surface area contributed by atoms with Crippen molar-refractivity contribution in [1.29, 1.82) is 5.41 Å². The number of halogens is 1. The van der Waals surface area contributed by atoms with Crippen molar-refractivity contribution >= 4 is 17.4 Å². The minimum Gasteiger partial charge on any atom is -0.359 e. The number of hydrogen-bond donors (Lipinski definition) is 1. The maximum Gasteiger partial charge on any atom is 0.0926 e. The molecule has 0 fully saturated rings. The second kappa shape index (κ2) is 4.28. The zero-order chi connectivity index (χ0) is 9.84. The zero-order valence-corrected chi connectivity index (χ0v) is 8.60. The number of nitrogens with zero attached hydrogens (tertiary/aromatic N) is 1. The second-order valence-electron chi connectivity index (χ2n) is 3.03. The van der Waals surface area contributed by atoms with Crippen LogP contribution < -0.4 is 0 Å². The first kappa shape index (κ1) is 10.1. The van der Waals surface area contributed by atoms with E-state index in [1.54, 1.807) is 6.92 Å². The van der Waals surface area contributed by atoms with Crippen molar-refractivity contribution in [3.8, 4) is 0 Å². The highest BCUT2D eigenvalue weighted by atomic mass is 35.5. The molecule has 0 heterocycles. The zero-order valence-electron chi connectivity index (χ0n) is 7.84. The molecule has 0 aliphatic heterocycles. The molecule has 0 spiro atoms. The SMILES string of the molecule is CC(=N)N(C)Cc1ccccc1Cl. The van der Waals surface area contributed by atoms with Crippen molar-refractivity contribution in [3.63, 3.8) is 0 Å². The van der Waals surface area contributed by atoms with E-state index in [-0.39, 0.29) is 0 Å². The smallest absolute Gasteiger partial charge is 0.0926 e. The van der Waals surface area contributed by atoms with Crippen LogP contribution in [0, 0.1) is 5.41 Å². The van der Waals surface area contributed by atoms with Gasteiger partial charge < -0.3 is 4.90 Å². The highest BCUT2D eigenvalue weighted by Crippen LogP contribution is 2.16. The quantitative estimate of drug-likeness (QED) is 0.572. The van der Waals surface area contributed by atoms with Gasteiger partial charge in [0.05, 0.1) is 5.84 Å². The predicted molar refractivity (Wildman–Crippen MR) is 56.3 cm³/mol. The molecule has 0 unspecified atom stereocenters. The monoisotopic (exact) mass is 196 g/mol. The fourth-order valence-electron chi connectivity index (χ4n) is 1.00. The molecule has 0 aliphatic carbocycles. The topological polar surface area (TPSA) is 27.1 Å². The van der Waals surface area contributed by atoms with Crippen LogP contribution in [-0.2, 0) is 6.54 Å². The third-order valence-corrected chi connectivity index (χ3v) is 2.31. The summed E-state index contributed by atoms with van der Waals surface area (Å²) in [5, 5.41) is 8.16. The lowest BCUT2D eigenvalue weighted by molar-refractivity contribution is 0.494. The molecule has 0 saturated carbocycles. The fourth-order valence-corrected chi connectivity index (χ4v) is 1.20.